The molecule has 78 valence electrons. The second kappa shape index (κ2) is 4.55. The summed E-state index contributed by atoms with van der Waals surface area (Å²) in [6.45, 7) is 0.344. The second-order valence-electron chi connectivity index (χ2n) is 3.98. The Kier molecular flexibility index (Phi) is 3.14. The molecule has 1 fully saturated rings. The van der Waals surface area contributed by atoms with Crippen LogP contribution in [0.1, 0.15) is 43.9 Å². The Morgan fingerprint density at radius 2 is 1.93 bits per heavy atom. The van der Waals surface area contributed by atoms with E-state index in [0.717, 1.165) is 18.2 Å². The lowest BCUT2D eigenvalue weighted by molar-refractivity contribution is 0.417. The van der Waals surface area contributed by atoms with E-state index in [0.29, 0.717) is 12.4 Å². The van der Waals surface area contributed by atoms with E-state index in [-0.39, 0.29) is 0 Å². The largest absolute Gasteiger partial charge is 0.424 e. The van der Waals surface area contributed by atoms with E-state index in [9.17, 15) is 0 Å². The summed E-state index contributed by atoms with van der Waals surface area (Å²) in [4.78, 5) is 0. The van der Waals surface area contributed by atoms with Crippen molar-refractivity contribution in [1.29, 1.82) is 0 Å². The molecule has 0 spiro atoms. The summed E-state index contributed by atoms with van der Waals surface area (Å²) in [5.41, 5.74) is 5.39. The van der Waals surface area contributed by atoms with Crippen molar-refractivity contribution in [3.05, 3.63) is 11.8 Å². The van der Waals surface area contributed by atoms with Crippen LogP contribution in [-0.4, -0.2) is 10.2 Å². The molecule has 0 aliphatic heterocycles. The molecule has 2 rings (SSSR count). The van der Waals surface area contributed by atoms with Gasteiger partial charge in [0.05, 0.1) is 6.54 Å². The van der Waals surface area contributed by atoms with Crippen LogP contribution >= 0.6 is 0 Å². The predicted molar refractivity (Wildman–Crippen MR) is 52.5 cm³/mol. The molecule has 4 heteroatoms. The van der Waals surface area contributed by atoms with Gasteiger partial charge in [0, 0.05) is 6.42 Å². The van der Waals surface area contributed by atoms with Gasteiger partial charge in [0.2, 0.25) is 11.8 Å². The van der Waals surface area contributed by atoms with Crippen LogP contribution in [0.2, 0.25) is 0 Å². The van der Waals surface area contributed by atoms with Gasteiger partial charge >= 0.3 is 0 Å². The van der Waals surface area contributed by atoms with Gasteiger partial charge in [0.1, 0.15) is 0 Å². The standard InChI is InChI=1S/C10H17N3O/c11-7-10-13-12-9(14-10)6-5-8-3-1-2-4-8/h8H,1-7,11H2. The Morgan fingerprint density at radius 3 is 2.57 bits per heavy atom. The molecule has 1 heterocycles. The maximum Gasteiger partial charge on any atom is 0.230 e. The van der Waals surface area contributed by atoms with Crippen molar-refractivity contribution in [2.75, 3.05) is 0 Å². The molecule has 0 amide bonds. The van der Waals surface area contributed by atoms with Crippen molar-refractivity contribution < 1.29 is 4.42 Å². The Balaban J connectivity index is 1.79. The van der Waals surface area contributed by atoms with E-state index < -0.39 is 0 Å². The van der Waals surface area contributed by atoms with Gasteiger partial charge in [-0.25, -0.2) is 0 Å². The third kappa shape index (κ3) is 2.32. The molecular formula is C10H17N3O. The van der Waals surface area contributed by atoms with Gasteiger partial charge in [-0.2, -0.15) is 0 Å². The number of nitrogens with zero attached hydrogens (tertiary/aromatic N) is 2. The fourth-order valence-corrected chi connectivity index (χ4v) is 2.10. The molecule has 4 nitrogen and oxygen atoms in total. The minimum absolute atomic E-state index is 0.344. The van der Waals surface area contributed by atoms with E-state index in [4.69, 9.17) is 10.2 Å². The highest BCUT2D eigenvalue weighted by atomic mass is 16.4. The molecule has 0 atom stereocenters. The monoisotopic (exact) mass is 195 g/mol. The van der Waals surface area contributed by atoms with Gasteiger partial charge in [-0.3, -0.25) is 0 Å². The summed E-state index contributed by atoms with van der Waals surface area (Å²) in [5.74, 6) is 2.17. The maximum atomic E-state index is 5.39. The molecule has 2 N–H and O–H groups in total. The van der Waals surface area contributed by atoms with Crippen molar-refractivity contribution in [3.8, 4) is 0 Å². The van der Waals surface area contributed by atoms with Crippen molar-refractivity contribution in [2.45, 2.75) is 45.1 Å². The normalized spacial score (nSPS) is 17.8. The van der Waals surface area contributed by atoms with Crippen molar-refractivity contribution in [1.82, 2.24) is 10.2 Å². The van der Waals surface area contributed by atoms with Crippen molar-refractivity contribution in [3.63, 3.8) is 0 Å². The van der Waals surface area contributed by atoms with E-state index in [1.807, 2.05) is 0 Å². The van der Waals surface area contributed by atoms with Gasteiger partial charge in [-0.1, -0.05) is 25.7 Å². The highest BCUT2D eigenvalue weighted by molar-refractivity contribution is 4.82. The molecule has 1 aliphatic carbocycles. The third-order valence-corrected chi connectivity index (χ3v) is 2.92. The lowest BCUT2D eigenvalue weighted by Gasteiger charge is -2.04. The van der Waals surface area contributed by atoms with Crippen LogP contribution < -0.4 is 5.73 Å². The highest BCUT2D eigenvalue weighted by Crippen LogP contribution is 2.28. The molecule has 0 bridgehead atoms. The first-order valence-corrected chi connectivity index (χ1v) is 5.40. The van der Waals surface area contributed by atoms with Crippen LogP contribution in [0.4, 0.5) is 0 Å². The first-order valence-electron chi connectivity index (χ1n) is 5.40. The van der Waals surface area contributed by atoms with Crippen LogP contribution in [0.15, 0.2) is 4.42 Å². The van der Waals surface area contributed by atoms with Gasteiger partial charge in [0.15, 0.2) is 0 Å². The summed E-state index contributed by atoms with van der Waals surface area (Å²) in [6, 6.07) is 0. The SMILES string of the molecule is NCc1nnc(CCC2CCCC2)o1. The van der Waals surface area contributed by atoms with Crippen LogP contribution in [0.3, 0.4) is 0 Å². The Labute approximate surface area is 83.9 Å². The Hall–Kier alpha value is -0.900. The molecule has 14 heavy (non-hydrogen) atoms. The quantitative estimate of drug-likeness (QED) is 0.793. The average Bonchev–Trinajstić information content (AvgIpc) is 2.86. The summed E-state index contributed by atoms with van der Waals surface area (Å²) in [7, 11) is 0. The molecule has 0 saturated heterocycles. The number of nitrogens with two attached hydrogens (primary N) is 1. The van der Waals surface area contributed by atoms with Crippen LogP contribution in [0.25, 0.3) is 0 Å². The topological polar surface area (TPSA) is 64.9 Å². The van der Waals surface area contributed by atoms with Crippen LogP contribution in [0, 0.1) is 5.92 Å². The lowest BCUT2D eigenvalue weighted by atomic mass is 10.0. The van der Waals surface area contributed by atoms with Crippen molar-refractivity contribution in [2.24, 2.45) is 11.7 Å². The zero-order chi connectivity index (χ0) is 9.80. The Bertz CT molecular complexity index is 279. The molecule has 1 aromatic heterocycles. The van der Waals surface area contributed by atoms with Crippen LogP contribution in [-0.2, 0) is 13.0 Å². The number of hydrogen-bond donors (Lipinski definition) is 1. The molecule has 0 radical (unpaired) electrons. The van der Waals surface area contributed by atoms with Gasteiger partial charge in [0.25, 0.3) is 0 Å². The molecular weight excluding hydrogens is 178 g/mol. The predicted octanol–water partition coefficient (Wildman–Crippen LogP) is 1.65. The molecule has 1 saturated carbocycles. The highest BCUT2D eigenvalue weighted by Gasteiger charge is 2.16. The van der Waals surface area contributed by atoms with E-state index in [2.05, 4.69) is 10.2 Å². The molecule has 1 aromatic rings. The summed E-state index contributed by atoms with van der Waals surface area (Å²) in [5, 5.41) is 7.79. The van der Waals surface area contributed by atoms with Gasteiger partial charge in [-0.05, 0) is 12.3 Å². The van der Waals surface area contributed by atoms with E-state index in [1.54, 1.807) is 0 Å². The second-order valence-corrected chi connectivity index (χ2v) is 3.98. The number of hydrogen-bond acceptors (Lipinski definition) is 4. The van der Waals surface area contributed by atoms with Crippen LogP contribution in [0.5, 0.6) is 0 Å². The zero-order valence-electron chi connectivity index (χ0n) is 8.41. The molecule has 1 aliphatic rings. The van der Waals surface area contributed by atoms with E-state index in [1.165, 1.54) is 32.1 Å². The molecule has 0 unspecified atom stereocenters. The summed E-state index contributed by atoms with van der Waals surface area (Å²) in [6.07, 6.45) is 7.63. The zero-order valence-corrected chi connectivity index (χ0v) is 8.41. The Morgan fingerprint density at radius 1 is 1.21 bits per heavy atom. The first-order chi connectivity index (χ1) is 6.88. The minimum atomic E-state index is 0.344. The lowest BCUT2D eigenvalue weighted by Crippen LogP contribution is -1.96. The smallest absolute Gasteiger partial charge is 0.230 e. The fourth-order valence-electron chi connectivity index (χ4n) is 2.10. The average molecular weight is 195 g/mol. The first kappa shape index (κ1) is 9.65. The number of aromatic nitrogens is 2. The maximum absolute atomic E-state index is 5.39. The van der Waals surface area contributed by atoms with Crippen molar-refractivity contribution >= 4 is 0 Å². The van der Waals surface area contributed by atoms with Gasteiger partial charge in [-0.15, -0.1) is 10.2 Å². The number of aryl methyl sites for hydroxylation is 1. The molecule has 0 aromatic carbocycles. The summed E-state index contributed by atoms with van der Waals surface area (Å²) >= 11 is 0. The third-order valence-electron chi connectivity index (χ3n) is 2.92. The fraction of sp³-hybridized carbons (Fsp3) is 0.800. The minimum Gasteiger partial charge on any atom is -0.424 e. The van der Waals surface area contributed by atoms with E-state index >= 15 is 0 Å². The summed E-state index contributed by atoms with van der Waals surface area (Å²) < 4.78 is 5.35. The van der Waals surface area contributed by atoms with Gasteiger partial charge < -0.3 is 10.2 Å². The number of rotatable bonds is 4.